The maximum atomic E-state index is 9.36. The van der Waals surface area contributed by atoms with Crippen molar-refractivity contribution in [3.8, 4) is 0 Å². The van der Waals surface area contributed by atoms with Crippen molar-refractivity contribution >= 4 is 16.6 Å². The van der Waals surface area contributed by atoms with E-state index in [9.17, 15) is 5.11 Å². The van der Waals surface area contributed by atoms with Crippen LogP contribution < -0.4 is 4.90 Å². The van der Waals surface area contributed by atoms with Gasteiger partial charge in [0.25, 0.3) is 0 Å². The molecule has 82 valence electrons. The lowest BCUT2D eigenvalue weighted by Crippen LogP contribution is -2.50. The van der Waals surface area contributed by atoms with Crippen molar-refractivity contribution in [1.29, 1.82) is 0 Å². The first-order valence-electron chi connectivity index (χ1n) is 5.53. The molecule has 1 aromatic carbocycles. The number of aryl methyl sites for hydroxylation is 1. The molecule has 0 spiro atoms. The minimum atomic E-state index is -0.174. The summed E-state index contributed by atoms with van der Waals surface area (Å²) in [5, 5.41) is 10.5. The molecule has 3 heteroatoms. The van der Waals surface area contributed by atoms with Crippen molar-refractivity contribution < 1.29 is 5.11 Å². The fourth-order valence-electron chi connectivity index (χ4n) is 2.20. The number of β-amino-alcohol motifs (C(OH)–C–C–N with tert-alkyl or cyclic N) is 1. The van der Waals surface area contributed by atoms with E-state index in [1.807, 2.05) is 25.1 Å². The molecular weight excluding hydrogens is 200 g/mol. The molecule has 0 radical (unpaired) electrons. The molecule has 3 rings (SSSR count). The minimum absolute atomic E-state index is 0.174. The number of para-hydroxylation sites is 1. The van der Waals surface area contributed by atoms with Gasteiger partial charge < -0.3 is 10.0 Å². The molecule has 1 saturated heterocycles. The zero-order chi connectivity index (χ0) is 11.1. The standard InChI is InChI=1S/C13H14N2O/c1-9-6-13(15-7-10(16)8-15)11-4-2-3-5-12(11)14-9/h2-6,10,16H,7-8H2,1H3. The Morgan fingerprint density at radius 3 is 2.81 bits per heavy atom. The summed E-state index contributed by atoms with van der Waals surface area (Å²) in [5.41, 5.74) is 3.24. The summed E-state index contributed by atoms with van der Waals surface area (Å²) in [6, 6.07) is 10.2. The normalized spacial score (nSPS) is 16.5. The van der Waals surface area contributed by atoms with Gasteiger partial charge in [-0.2, -0.15) is 0 Å². The Hall–Kier alpha value is -1.61. The molecule has 1 aliphatic rings. The van der Waals surface area contributed by atoms with Crippen LogP contribution in [-0.4, -0.2) is 29.3 Å². The molecule has 0 amide bonds. The zero-order valence-electron chi connectivity index (χ0n) is 9.22. The maximum absolute atomic E-state index is 9.36. The van der Waals surface area contributed by atoms with E-state index >= 15 is 0 Å². The summed E-state index contributed by atoms with van der Waals surface area (Å²) < 4.78 is 0. The first-order chi connectivity index (χ1) is 7.74. The number of rotatable bonds is 1. The Balaban J connectivity index is 2.15. The molecule has 0 unspecified atom stereocenters. The first kappa shape index (κ1) is 9.60. The molecule has 0 saturated carbocycles. The van der Waals surface area contributed by atoms with E-state index in [2.05, 4.69) is 22.0 Å². The van der Waals surface area contributed by atoms with E-state index < -0.39 is 0 Å². The number of fused-ring (bicyclic) bond motifs is 1. The van der Waals surface area contributed by atoms with E-state index in [-0.39, 0.29) is 6.10 Å². The number of nitrogens with zero attached hydrogens (tertiary/aromatic N) is 2. The maximum Gasteiger partial charge on any atom is 0.0889 e. The highest BCUT2D eigenvalue weighted by atomic mass is 16.3. The van der Waals surface area contributed by atoms with Crippen LogP contribution in [0.1, 0.15) is 5.69 Å². The quantitative estimate of drug-likeness (QED) is 0.785. The molecule has 1 fully saturated rings. The number of aromatic nitrogens is 1. The van der Waals surface area contributed by atoms with Crippen molar-refractivity contribution in [3.05, 3.63) is 36.0 Å². The molecule has 16 heavy (non-hydrogen) atoms. The second-order valence-electron chi connectivity index (χ2n) is 4.36. The predicted molar refractivity (Wildman–Crippen MR) is 64.7 cm³/mol. The second kappa shape index (κ2) is 3.46. The van der Waals surface area contributed by atoms with Crippen LogP contribution in [0.4, 0.5) is 5.69 Å². The van der Waals surface area contributed by atoms with Gasteiger partial charge in [0.1, 0.15) is 0 Å². The lowest BCUT2D eigenvalue weighted by atomic mass is 10.1. The Morgan fingerprint density at radius 1 is 1.31 bits per heavy atom. The van der Waals surface area contributed by atoms with Crippen LogP contribution in [0.2, 0.25) is 0 Å². The molecule has 0 aliphatic carbocycles. The highest BCUT2D eigenvalue weighted by molar-refractivity contribution is 5.92. The molecule has 0 atom stereocenters. The number of hydrogen-bond acceptors (Lipinski definition) is 3. The van der Waals surface area contributed by atoms with E-state index in [1.54, 1.807) is 0 Å². The van der Waals surface area contributed by atoms with Gasteiger partial charge in [0, 0.05) is 29.9 Å². The van der Waals surface area contributed by atoms with Gasteiger partial charge in [0.05, 0.1) is 11.6 Å². The Labute approximate surface area is 94.3 Å². The topological polar surface area (TPSA) is 36.4 Å². The fraction of sp³-hybridized carbons (Fsp3) is 0.308. The molecule has 1 aromatic heterocycles. The summed E-state index contributed by atoms with van der Waals surface area (Å²) in [4.78, 5) is 6.70. The second-order valence-corrected chi connectivity index (χ2v) is 4.36. The molecule has 2 aromatic rings. The van der Waals surface area contributed by atoms with Gasteiger partial charge in [0.15, 0.2) is 0 Å². The van der Waals surface area contributed by atoms with Crippen LogP contribution in [0.5, 0.6) is 0 Å². The fourth-order valence-corrected chi connectivity index (χ4v) is 2.20. The number of anilines is 1. The van der Waals surface area contributed by atoms with E-state index in [0.717, 1.165) is 24.3 Å². The van der Waals surface area contributed by atoms with Crippen molar-refractivity contribution in [1.82, 2.24) is 4.98 Å². The summed E-state index contributed by atoms with van der Waals surface area (Å²) in [5.74, 6) is 0. The smallest absolute Gasteiger partial charge is 0.0889 e. The van der Waals surface area contributed by atoms with Crippen molar-refractivity contribution in [2.24, 2.45) is 0 Å². The minimum Gasteiger partial charge on any atom is -0.389 e. The van der Waals surface area contributed by atoms with Gasteiger partial charge in [-0.25, -0.2) is 0 Å². The van der Waals surface area contributed by atoms with Crippen LogP contribution in [-0.2, 0) is 0 Å². The number of aliphatic hydroxyl groups is 1. The molecular formula is C13H14N2O. The highest BCUT2D eigenvalue weighted by Gasteiger charge is 2.25. The average molecular weight is 214 g/mol. The summed E-state index contributed by atoms with van der Waals surface area (Å²) in [6.45, 7) is 3.47. The van der Waals surface area contributed by atoms with Crippen LogP contribution in [0.15, 0.2) is 30.3 Å². The van der Waals surface area contributed by atoms with Crippen molar-refractivity contribution in [2.45, 2.75) is 13.0 Å². The van der Waals surface area contributed by atoms with E-state index in [4.69, 9.17) is 0 Å². The number of aliphatic hydroxyl groups excluding tert-OH is 1. The lowest BCUT2D eigenvalue weighted by molar-refractivity contribution is 0.142. The Morgan fingerprint density at radius 2 is 2.06 bits per heavy atom. The third-order valence-corrected chi connectivity index (χ3v) is 3.03. The SMILES string of the molecule is Cc1cc(N2CC(O)C2)c2ccccc2n1. The summed E-state index contributed by atoms with van der Waals surface area (Å²) in [7, 11) is 0. The first-order valence-corrected chi connectivity index (χ1v) is 5.53. The molecule has 1 aliphatic heterocycles. The van der Waals surface area contributed by atoms with Crippen molar-refractivity contribution in [3.63, 3.8) is 0 Å². The molecule has 2 heterocycles. The van der Waals surface area contributed by atoms with Crippen LogP contribution in [0.3, 0.4) is 0 Å². The third kappa shape index (κ3) is 1.44. The van der Waals surface area contributed by atoms with Crippen LogP contribution in [0, 0.1) is 6.92 Å². The highest BCUT2D eigenvalue weighted by Crippen LogP contribution is 2.29. The molecule has 3 nitrogen and oxygen atoms in total. The van der Waals surface area contributed by atoms with Gasteiger partial charge in [-0.1, -0.05) is 18.2 Å². The Kier molecular flexibility index (Phi) is 2.07. The average Bonchev–Trinajstić information content (AvgIpc) is 2.24. The van der Waals surface area contributed by atoms with Gasteiger partial charge in [-0.05, 0) is 19.1 Å². The van der Waals surface area contributed by atoms with Crippen LogP contribution in [0.25, 0.3) is 10.9 Å². The van der Waals surface area contributed by atoms with Gasteiger partial charge in [0.2, 0.25) is 0 Å². The molecule has 1 N–H and O–H groups in total. The van der Waals surface area contributed by atoms with E-state index in [0.29, 0.717) is 0 Å². The number of pyridine rings is 1. The summed E-state index contributed by atoms with van der Waals surface area (Å²) >= 11 is 0. The monoisotopic (exact) mass is 214 g/mol. The summed E-state index contributed by atoms with van der Waals surface area (Å²) in [6.07, 6.45) is -0.174. The largest absolute Gasteiger partial charge is 0.389 e. The lowest BCUT2D eigenvalue weighted by Gasteiger charge is -2.38. The van der Waals surface area contributed by atoms with Crippen LogP contribution >= 0.6 is 0 Å². The zero-order valence-corrected chi connectivity index (χ0v) is 9.22. The predicted octanol–water partition coefficient (Wildman–Crippen LogP) is 1.72. The number of hydrogen-bond donors (Lipinski definition) is 1. The Bertz CT molecular complexity index is 532. The van der Waals surface area contributed by atoms with Gasteiger partial charge in [-0.15, -0.1) is 0 Å². The van der Waals surface area contributed by atoms with Crippen molar-refractivity contribution in [2.75, 3.05) is 18.0 Å². The molecule has 0 bridgehead atoms. The number of benzene rings is 1. The third-order valence-electron chi connectivity index (χ3n) is 3.03. The van der Waals surface area contributed by atoms with E-state index in [1.165, 1.54) is 11.1 Å². The van der Waals surface area contributed by atoms with Gasteiger partial charge in [-0.3, -0.25) is 4.98 Å². The van der Waals surface area contributed by atoms with Gasteiger partial charge >= 0.3 is 0 Å².